The van der Waals surface area contributed by atoms with Crippen molar-refractivity contribution in [2.24, 2.45) is 5.41 Å². The lowest BCUT2D eigenvalue weighted by atomic mass is 9.79. The molecule has 0 radical (unpaired) electrons. The highest BCUT2D eigenvalue weighted by atomic mass is 35.5. The van der Waals surface area contributed by atoms with Crippen LogP contribution in [0.1, 0.15) is 25.5 Å². The predicted molar refractivity (Wildman–Crippen MR) is 91.7 cm³/mol. The number of hydrogen-bond donors (Lipinski definition) is 2. The number of benzene rings is 1. The average Bonchev–Trinajstić information content (AvgIpc) is 2.48. The van der Waals surface area contributed by atoms with Crippen molar-refractivity contribution >= 4 is 35.6 Å². The molecule has 2 rings (SSSR count). The van der Waals surface area contributed by atoms with Crippen molar-refractivity contribution in [3.8, 4) is 0 Å². The largest absolute Gasteiger partial charge is 0.396 e. The minimum Gasteiger partial charge on any atom is -0.396 e. The lowest BCUT2D eigenvalue weighted by Gasteiger charge is -2.43. The van der Waals surface area contributed by atoms with Crippen molar-refractivity contribution in [2.45, 2.75) is 19.9 Å². The van der Waals surface area contributed by atoms with Gasteiger partial charge in [0, 0.05) is 54.8 Å². The maximum Gasteiger partial charge on any atom is 0.148 e. The third kappa shape index (κ3) is 4.05. The standard InChI is InChI=1S/C15H21Cl2FN2O.ClH/c1-15(2,9-21)14(20-7-5-19-6-8-20)12-10(16)3-4-11(17)13(12)18;/h3-4,14,19,21H,5-9H2,1-2H3;1H/t14-;/m0./s1. The molecule has 0 aliphatic carbocycles. The fraction of sp³-hybridized carbons (Fsp3) is 0.600. The Balaban J connectivity index is 0.00000242. The molecule has 1 fully saturated rings. The Morgan fingerprint density at radius 2 is 1.82 bits per heavy atom. The molecule has 1 aromatic carbocycles. The summed E-state index contributed by atoms with van der Waals surface area (Å²) < 4.78 is 14.6. The summed E-state index contributed by atoms with van der Waals surface area (Å²) in [5.41, 5.74) is -0.155. The van der Waals surface area contributed by atoms with E-state index in [9.17, 15) is 9.50 Å². The van der Waals surface area contributed by atoms with Gasteiger partial charge in [-0.3, -0.25) is 4.90 Å². The molecule has 1 aliphatic heterocycles. The molecule has 0 saturated carbocycles. The van der Waals surface area contributed by atoms with E-state index in [1.54, 1.807) is 6.07 Å². The first kappa shape index (κ1) is 19.9. The summed E-state index contributed by atoms with van der Waals surface area (Å²) in [6.07, 6.45) is 0. The van der Waals surface area contributed by atoms with Crippen LogP contribution in [0.25, 0.3) is 0 Å². The third-order valence-corrected chi connectivity index (χ3v) is 4.64. The molecule has 7 heteroatoms. The number of piperazine rings is 1. The maximum atomic E-state index is 14.6. The van der Waals surface area contributed by atoms with Crippen LogP contribution >= 0.6 is 35.6 Å². The molecule has 22 heavy (non-hydrogen) atoms. The molecule has 1 saturated heterocycles. The molecule has 126 valence electrons. The van der Waals surface area contributed by atoms with Gasteiger partial charge in [0.15, 0.2) is 0 Å². The Kier molecular flexibility index (Phi) is 7.37. The Morgan fingerprint density at radius 3 is 2.36 bits per heavy atom. The minimum absolute atomic E-state index is 0. The summed E-state index contributed by atoms with van der Waals surface area (Å²) in [5.74, 6) is -0.491. The zero-order valence-corrected chi connectivity index (χ0v) is 15.0. The molecule has 0 unspecified atom stereocenters. The molecule has 0 bridgehead atoms. The van der Waals surface area contributed by atoms with E-state index in [0.717, 1.165) is 26.2 Å². The van der Waals surface area contributed by atoms with Crippen LogP contribution in [0.2, 0.25) is 10.0 Å². The predicted octanol–water partition coefficient (Wildman–Crippen LogP) is 3.52. The topological polar surface area (TPSA) is 35.5 Å². The number of hydrogen-bond acceptors (Lipinski definition) is 3. The van der Waals surface area contributed by atoms with Gasteiger partial charge in [-0.25, -0.2) is 4.39 Å². The number of halogens is 4. The van der Waals surface area contributed by atoms with Crippen molar-refractivity contribution < 1.29 is 9.50 Å². The SMILES string of the molecule is CC(C)(CO)[C@H](c1c(Cl)ccc(Cl)c1F)N1CCNCC1.Cl. The number of aliphatic hydroxyl groups is 1. The lowest BCUT2D eigenvalue weighted by Crippen LogP contribution is -2.50. The van der Waals surface area contributed by atoms with Gasteiger partial charge in [-0.2, -0.15) is 0 Å². The first-order valence-corrected chi connectivity index (χ1v) is 7.83. The second-order valence-corrected chi connectivity index (χ2v) is 6.91. The monoisotopic (exact) mass is 370 g/mol. The second-order valence-electron chi connectivity index (χ2n) is 6.09. The van der Waals surface area contributed by atoms with Gasteiger partial charge >= 0.3 is 0 Å². The highest BCUT2D eigenvalue weighted by Gasteiger charge is 2.38. The summed E-state index contributed by atoms with van der Waals surface area (Å²) in [6.45, 7) is 6.97. The molecule has 3 nitrogen and oxygen atoms in total. The van der Waals surface area contributed by atoms with E-state index in [1.165, 1.54) is 6.07 Å². The molecule has 0 amide bonds. The summed E-state index contributed by atoms with van der Waals surface area (Å²) in [7, 11) is 0. The Hall–Kier alpha value is -0.100. The van der Waals surface area contributed by atoms with Crippen molar-refractivity contribution in [1.29, 1.82) is 0 Å². The van der Waals surface area contributed by atoms with Crippen LogP contribution in [0.15, 0.2) is 12.1 Å². The van der Waals surface area contributed by atoms with Gasteiger partial charge in [-0.15, -0.1) is 12.4 Å². The Bertz CT molecular complexity index is 508. The van der Waals surface area contributed by atoms with Gasteiger partial charge < -0.3 is 10.4 Å². The molecule has 1 atom stereocenters. The summed E-state index contributed by atoms with van der Waals surface area (Å²) in [5, 5.41) is 13.4. The lowest BCUT2D eigenvalue weighted by molar-refractivity contribution is 0.0287. The van der Waals surface area contributed by atoms with Crippen LogP contribution in [-0.2, 0) is 0 Å². The van der Waals surface area contributed by atoms with E-state index >= 15 is 0 Å². The van der Waals surface area contributed by atoms with Crippen LogP contribution in [-0.4, -0.2) is 42.8 Å². The van der Waals surface area contributed by atoms with Gasteiger partial charge in [0.2, 0.25) is 0 Å². The zero-order chi connectivity index (χ0) is 15.6. The van der Waals surface area contributed by atoms with Crippen molar-refractivity contribution in [3.05, 3.63) is 33.6 Å². The van der Waals surface area contributed by atoms with Crippen LogP contribution < -0.4 is 5.32 Å². The van der Waals surface area contributed by atoms with Crippen molar-refractivity contribution in [2.75, 3.05) is 32.8 Å². The maximum absolute atomic E-state index is 14.6. The molecular formula is C15H22Cl3FN2O. The van der Waals surface area contributed by atoms with Gasteiger partial charge in [-0.1, -0.05) is 37.0 Å². The summed E-state index contributed by atoms with van der Waals surface area (Å²) >= 11 is 12.2. The van der Waals surface area contributed by atoms with Crippen molar-refractivity contribution in [3.63, 3.8) is 0 Å². The number of nitrogens with one attached hydrogen (secondary N) is 1. The fourth-order valence-corrected chi connectivity index (χ4v) is 3.30. The quantitative estimate of drug-likeness (QED) is 0.795. The molecule has 1 aromatic rings. The van der Waals surface area contributed by atoms with Crippen LogP contribution in [0, 0.1) is 11.2 Å². The Labute approximate surface area is 147 Å². The van der Waals surface area contributed by atoms with Gasteiger partial charge in [-0.05, 0) is 12.1 Å². The van der Waals surface area contributed by atoms with E-state index in [2.05, 4.69) is 10.2 Å². The second kappa shape index (κ2) is 8.13. The van der Waals surface area contributed by atoms with Crippen LogP contribution in [0.4, 0.5) is 4.39 Å². The number of rotatable bonds is 4. The molecule has 1 aliphatic rings. The molecule has 2 N–H and O–H groups in total. The number of aliphatic hydroxyl groups excluding tert-OH is 1. The summed E-state index contributed by atoms with van der Waals surface area (Å²) in [6, 6.07) is 2.75. The average molecular weight is 372 g/mol. The van der Waals surface area contributed by atoms with E-state index in [0.29, 0.717) is 10.6 Å². The molecule has 1 heterocycles. The molecule has 0 aromatic heterocycles. The minimum atomic E-state index is -0.535. The van der Waals surface area contributed by atoms with E-state index < -0.39 is 11.2 Å². The summed E-state index contributed by atoms with van der Waals surface area (Å²) in [4.78, 5) is 2.16. The zero-order valence-electron chi connectivity index (χ0n) is 12.7. The van der Waals surface area contributed by atoms with E-state index in [4.69, 9.17) is 23.2 Å². The first-order chi connectivity index (χ1) is 9.88. The smallest absolute Gasteiger partial charge is 0.148 e. The van der Waals surface area contributed by atoms with Gasteiger partial charge in [0.1, 0.15) is 5.82 Å². The Morgan fingerprint density at radius 1 is 1.27 bits per heavy atom. The highest BCUT2D eigenvalue weighted by molar-refractivity contribution is 6.33. The third-order valence-electron chi connectivity index (χ3n) is 4.02. The first-order valence-electron chi connectivity index (χ1n) is 7.07. The van der Waals surface area contributed by atoms with Crippen LogP contribution in [0.5, 0.6) is 0 Å². The fourth-order valence-electron chi connectivity index (χ4n) is 2.89. The highest BCUT2D eigenvalue weighted by Crippen LogP contribution is 2.43. The molecule has 0 spiro atoms. The molecular weight excluding hydrogens is 350 g/mol. The van der Waals surface area contributed by atoms with Gasteiger partial charge in [0.25, 0.3) is 0 Å². The van der Waals surface area contributed by atoms with Crippen LogP contribution in [0.3, 0.4) is 0 Å². The van der Waals surface area contributed by atoms with Crippen molar-refractivity contribution in [1.82, 2.24) is 10.2 Å². The normalized spacial score (nSPS) is 17.9. The van der Waals surface area contributed by atoms with E-state index in [1.807, 2.05) is 13.8 Å². The van der Waals surface area contributed by atoms with E-state index in [-0.39, 0.29) is 30.1 Å². The van der Waals surface area contributed by atoms with Gasteiger partial charge in [0.05, 0.1) is 5.02 Å². The number of nitrogens with zero attached hydrogens (tertiary/aromatic N) is 1.